The van der Waals surface area contributed by atoms with Crippen molar-refractivity contribution in [2.75, 3.05) is 13.1 Å². The maximum Gasteiger partial charge on any atom is 0.269 e. The topological polar surface area (TPSA) is 71.1 Å². The van der Waals surface area contributed by atoms with Gasteiger partial charge in [-0.3, -0.25) is 15.1 Å². The van der Waals surface area contributed by atoms with E-state index in [2.05, 4.69) is 10.3 Å². The fourth-order valence-corrected chi connectivity index (χ4v) is 1.94. The molecule has 1 aromatic carbocycles. The first-order chi connectivity index (χ1) is 8.75. The van der Waals surface area contributed by atoms with Crippen LogP contribution in [0.25, 0.3) is 0 Å². The van der Waals surface area contributed by atoms with Gasteiger partial charge in [0.15, 0.2) is 0 Å². The molecule has 0 unspecified atom stereocenters. The van der Waals surface area contributed by atoms with Crippen molar-refractivity contribution < 1.29 is 4.92 Å². The highest BCUT2D eigenvalue weighted by molar-refractivity contribution is 5.34. The predicted octanol–water partition coefficient (Wildman–Crippen LogP) is 2.95. The van der Waals surface area contributed by atoms with E-state index < -0.39 is 4.92 Å². The number of benzene rings is 1. The molecule has 0 aliphatic carbocycles. The van der Waals surface area contributed by atoms with E-state index in [1.165, 1.54) is 18.6 Å². The van der Waals surface area contributed by atoms with Crippen molar-refractivity contribution in [1.82, 2.24) is 5.01 Å². The highest BCUT2D eigenvalue weighted by atomic mass is 16.6. The van der Waals surface area contributed by atoms with Gasteiger partial charge in [-0.1, -0.05) is 17.4 Å². The molecule has 0 radical (unpaired) electrons. The number of nitrogens with zero attached hydrogens (tertiary/aromatic N) is 4. The van der Waals surface area contributed by atoms with E-state index in [4.69, 9.17) is 0 Å². The summed E-state index contributed by atoms with van der Waals surface area (Å²) in [4.78, 5) is 10.2. The molecular weight excluding hydrogens is 232 g/mol. The van der Waals surface area contributed by atoms with E-state index in [9.17, 15) is 10.1 Å². The van der Waals surface area contributed by atoms with Crippen molar-refractivity contribution in [3.05, 3.63) is 39.9 Å². The van der Waals surface area contributed by atoms with Crippen molar-refractivity contribution in [2.24, 2.45) is 10.3 Å². The molecular formula is C12H16N4O2. The molecule has 18 heavy (non-hydrogen) atoms. The largest absolute Gasteiger partial charge is 0.279 e. The number of nitro groups is 1. The van der Waals surface area contributed by atoms with Gasteiger partial charge in [0.25, 0.3) is 5.69 Å². The van der Waals surface area contributed by atoms with Gasteiger partial charge in [0, 0.05) is 25.2 Å². The highest BCUT2D eigenvalue weighted by Gasteiger charge is 2.07. The Balaban J connectivity index is 1.90. The Bertz CT molecular complexity index is 441. The Kier molecular flexibility index (Phi) is 4.22. The van der Waals surface area contributed by atoms with Gasteiger partial charge in [-0.15, -0.1) is 0 Å². The molecule has 1 aliphatic rings. The van der Waals surface area contributed by atoms with Gasteiger partial charge >= 0.3 is 0 Å². The summed E-state index contributed by atoms with van der Waals surface area (Å²) in [6.07, 6.45) is 3.59. The third-order valence-corrected chi connectivity index (χ3v) is 2.90. The van der Waals surface area contributed by atoms with Crippen molar-refractivity contribution in [3.8, 4) is 0 Å². The lowest BCUT2D eigenvalue weighted by Crippen LogP contribution is -2.23. The number of nitro benzene ring substituents is 1. The minimum Gasteiger partial charge on any atom is -0.279 e. The van der Waals surface area contributed by atoms with Crippen LogP contribution in [0.5, 0.6) is 0 Å². The molecule has 0 saturated carbocycles. The van der Waals surface area contributed by atoms with E-state index >= 15 is 0 Å². The zero-order valence-corrected chi connectivity index (χ0v) is 10.2. The first-order valence-corrected chi connectivity index (χ1v) is 6.11. The van der Waals surface area contributed by atoms with Crippen LogP contribution in [0.15, 0.2) is 34.6 Å². The van der Waals surface area contributed by atoms with E-state index in [1.807, 2.05) is 11.1 Å². The van der Waals surface area contributed by atoms with Crippen LogP contribution in [0, 0.1) is 10.1 Å². The SMILES string of the molecule is O=[N+]([O-])c1cccc(CN=NN2CCCCC2)c1. The van der Waals surface area contributed by atoms with E-state index in [1.54, 1.807) is 6.07 Å². The normalized spacial score (nSPS) is 16.1. The van der Waals surface area contributed by atoms with Gasteiger partial charge in [0.2, 0.25) is 0 Å². The Morgan fingerprint density at radius 1 is 1.28 bits per heavy atom. The maximum atomic E-state index is 10.6. The second-order valence-electron chi connectivity index (χ2n) is 4.33. The van der Waals surface area contributed by atoms with Crippen molar-refractivity contribution in [3.63, 3.8) is 0 Å². The number of hydrogen-bond acceptors (Lipinski definition) is 4. The van der Waals surface area contributed by atoms with Gasteiger partial charge in [-0.2, -0.15) is 5.11 Å². The molecule has 6 nitrogen and oxygen atoms in total. The molecule has 0 N–H and O–H groups in total. The number of piperidine rings is 1. The minimum absolute atomic E-state index is 0.0978. The molecule has 2 rings (SSSR count). The van der Waals surface area contributed by atoms with Gasteiger partial charge in [0.05, 0.1) is 11.5 Å². The van der Waals surface area contributed by atoms with Crippen LogP contribution >= 0.6 is 0 Å². The van der Waals surface area contributed by atoms with Gasteiger partial charge in [-0.05, 0) is 24.8 Å². The average molecular weight is 248 g/mol. The lowest BCUT2D eigenvalue weighted by molar-refractivity contribution is -0.384. The molecule has 0 amide bonds. The lowest BCUT2D eigenvalue weighted by atomic mass is 10.2. The summed E-state index contributed by atoms with van der Waals surface area (Å²) in [5.74, 6) is 0. The zero-order chi connectivity index (χ0) is 12.8. The van der Waals surface area contributed by atoms with Crippen LogP contribution in [0.1, 0.15) is 24.8 Å². The van der Waals surface area contributed by atoms with Crippen LogP contribution in [0.2, 0.25) is 0 Å². The molecule has 1 aromatic rings. The van der Waals surface area contributed by atoms with E-state index in [0.29, 0.717) is 6.54 Å². The number of rotatable bonds is 4. The van der Waals surface area contributed by atoms with Crippen LogP contribution in [0.4, 0.5) is 5.69 Å². The van der Waals surface area contributed by atoms with Crippen molar-refractivity contribution >= 4 is 5.69 Å². The monoisotopic (exact) mass is 248 g/mol. The summed E-state index contributed by atoms with van der Waals surface area (Å²) in [6.45, 7) is 2.30. The second-order valence-corrected chi connectivity index (χ2v) is 4.33. The Hall–Kier alpha value is -1.98. The van der Waals surface area contributed by atoms with Gasteiger partial charge in [-0.25, -0.2) is 0 Å². The fourth-order valence-electron chi connectivity index (χ4n) is 1.94. The molecule has 96 valence electrons. The third kappa shape index (κ3) is 3.51. The molecule has 0 aromatic heterocycles. The Morgan fingerprint density at radius 2 is 2.06 bits per heavy atom. The summed E-state index contributed by atoms with van der Waals surface area (Å²) in [5, 5.41) is 20.8. The second kappa shape index (κ2) is 6.09. The van der Waals surface area contributed by atoms with E-state index in [0.717, 1.165) is 31.5 Å². The summed E-state index contributed by atoms with van der Waals surface area (Å²) >= 11 is 0. The maximum absolute atomic E-state index is 10.6. The fraction of sp³-hybridized carbons (Fsp3) is 0.500. The quantitative estimate of drug-likeness (QED) is 0.467. The molecule has 6 heteroatoms. The van der Waals surface area contributed by atoms with Crippen molar-refractivity contribution in [1.29, 1.82) is 0 Å². The minimum atomic E-state index is -0.398. The van der Waals surface area contributed by atoms with Crippen LogP contribution in [0.3, 0.4) is 0 Å². The van der Waals surface area contributed by atoms with Crippen LogP contribution in [-0.2, 0) is 6.54 Å². The first kappa shape index (κ1) is 12.5. The molecule has 1 aliphatic heterocycles. The van der Waals surface area contributed by atoms with Gasteiger partial charge in [0.1, 0.15) is 0 Å². The summed E-state index contributed by atoms with van der Waals surface area (Å²) in [6, 6.07) is 6.51. The highest BCUT2D eigenvalue weighted by Crippen LogP contribution is 2.14. The summed E-state index contributed by atoms with van der Waals surface area (Å²) < 4.78 is 0. The lowest BCUT2D eigenvalue weighted by Gasteiger charge is -2.21. The molecule has 1 saturated heterocycles. The molecule has 1 heterocycles. The molecule has 0 bridgehead atoms. The van der Waals surface area contributed by atoms with E-state index in [-0.39, 0.29) is 5.69 Å². The molecule has 0 spiro atoms. The first-order valence-electron chi connectivity index (χ1n) is 6.11. The van der Waals surface area contributed by atoms with Crippen LogP contribution < -0.4 is 0 Å². The van der Waals surface area contributed by atoms with Crippen LogP contribution in [-0.4, -0.2) is 23.0 Å². The summed E-state index contributed by atoms with van der Waals surface area (Å²) in [7, 11) is 0. The number of hydrogen-bond donors (Lipinski definition) is 0. The standard InChI is InChI=1S/C12H16N4O2/c17-16(18)12-6-4-5-11(9-12)10-13-14-15-7-2-1-3-8-15/h4-6,9H,1-3,7-8,10H2. The molecule has 0 atom stereocenters. The summed E-state index contributed by atoms with van der Waals surface area (Å²) in [5.41, 5.74) is 0.908. The smallest absolute Gasteiger partial charge is 0.269 e. The third-order valence-electron chi connectivity index (χ3n) is 2.90. The Morgan fingerprint density at radius 3 is 2.78 bits per heavy atom. The zero-order valence-electron chi connectivity index (χ0n) is 10.2. The number of non-ortho nitro benzene ring substituents is 1. The Labute approximate surface area is 105 Å². The van der Waals surface area contributed by atoms with Crippen molar-refractivity contribution in [2.45, 2.75) is 25.8 Å². The average Bonchev–Trinajstić information content (AvgIpc) is 2.40. The van der Waals surface area contributed by atoms with Gasteiger partial charge < -0.3 is 0 Å². The molecule has 1 fully saturated rings. The predicted molar refractivity (Wildman–Crippen MR) is 67.1 cm³/mol.